The normalized spacial score (nSPS) is 16.2. The van der Waals surface area contributed by atoms with Gasteiger partial charge in [-0.15, -0.1) is 24.0 Å². The molecule has 0 aromatic carbocycles. The molecule has 1 saturated heterocycles. The Balaban J connectivity index is 0.00000320. The van der Waals surface area contributed by atoms with Gasteiger partial charge in [-0.25, -0.2) is 0 Å². The average Bonchev–Trinajstić information content (AvgIpc) is 3.36. The number of guanidine groups is 1. The molecule has 9 heteroatoms. The lowest BCUT2D eigenvalue weighted by Crippen LogP contribution is -2.46. The van der Waals surface area contributed by atoms with Gasteiger partial charge in [0.05, 0.1) is 24.9 Å². The van der Waals surface area contributed by atoms with Crippen molar-refractivity contribution in [3.05, 3.63) is 40.7 Å². The fourth-order valence-electron chi connectivity index (χ4n) is 3.66. The molecule has 1 unspecified atom stereocenters. The van der Waals surface area contributed by atoms with Crippen molar-refractivity contribution in [1.29, 1.82) is 0 Å². The predicted molar refractivity (Wildman–Crippen MR) is 127 cm³/mol. The lowest BCUT2D eigenvalue weighted by Gasteiger charge is -2.33. The Hall–Kier alpha value is -1.59. The molecular weight excluding hydrogens is 497 g/mol. The lowest BCUT2D eigenvalue weighted by atomic mass is 10.1. The van der Waals surface area contributed by atoms with Crippen LogP contribution in [0.2, 0.25) is 0 Å². The largest absolute Gasteiger partial charge is 0.465 e. The van der Waals surface area contributed by atoms with Crippen molar-refractivity contribution in [2.75, 3.05) is 39.9 Å². The number of hydrogen-bond donors (Lipinski definition) is 2. The molecule has 1 aliphatic heterocycles. The van der Waals surface area contributed by atoms with E-state index in [1.165, 1.54) is 0 Å². The first-order valence-electron chi connectivity index (χ1n) is 10.4. The monoisotopic (exact) mass is 531 g/mol. The number of ether oxygens (including phenoxy) is 1. The second-order valence-electron chi connectivity index (χ2n) is 7.16. The number of rotatable bonds is 8. The van der Waals surface area contributed by atoms with E-state index in [-0.39, 0.29) is 30.0 Å². The first-order valence-corrected chi connectivity index (χ1v) is 10.4. The number of morpholine rings is 1. The fraction of sp³-hybridized carbons (Fsp3) is 0.619. The van der Waals surface area contributed by atoms with Gasteiger partial charge in [0.1, 0.15) is 17.3 Å². The molecule has 3 rings (SSSR count). The zero-order chi connectivity index (χ0) is 20.6. The standard InChI is InChI=1S/C21H33N5O3.HI/c1-5-17-16(19(6-2)29-25-17)13-23-21(22-4)24-14-18(20-8-7-15(3)28-20)26-9-11-27-12-10-26;/h7-8,18H,5-6,9-14H2,1-4H3,(H2,22,23,24);1H. The maximum Gasteiger partial charge on any atom is 0.191 e. The Morgan fingerprint density at radius 2 is 1.97 bits per heavy atom. The highest BCUT2D eigenvalue weighted by Gasteiger charge is 2.25. The Bertz CT molecular complexity index is 777. The summed E-state index contributed by atoms with van der Waals surface area (Å²) in [6, 6.07) is 4.20. The molecule has 0 radical (unpaired) electrons. The van der Waals surface area contributed by atoms with E-state index in [2.05, 4.69) is 45.6 Å². The number of furan rings is 1. The van der Waals surface area contributed by atoms with Crippen molar-refractivity contribution in [3.8, 4) is 0 Å². The Kier molecular flexibility index (Phi) is 10.1. The Labute approximate surface area is 195 Å². The Morgan fingerprint density at radius 1 is 1.20 bits per heavy atom. The summed E-state index contributed by atoms with van der Waals surface area (Å²) in [4.78, 5) is 6.78. The minimum Gasteiger partial charge on any atom is -0.465 e. The highest BCUT2D eigenvalue weighted by Crippen LogP contribution is 2.23. The quantitative estimate of drug-likeness (QED) is 0.308. The van der Waals surface area contributed by atoms with Gasteiger partial charge in [-0.1, -0.05) is 19.0 Å². The van der Waals surface area contributed by atoms with Crippen molar-refractivity contribution < 1.29 is 13.7 Å². The number of nitrogens with zero attached hydrogens (tertiary/aromatic N) is 3. The number of aliphatic imine (C=N–C) groups is 1. The van der Waals surface area contributed by atoms with Crippen LogP contribution in [0.15, 0.2) is 26.1 Å². The van der Waals surface area contributed by atoms with Crippen LogP contribution in [0, 0.1) is 6.92 Å². The summed E-state index contributed by atoms with van der Waals surface area (Å²) in [6.45, 7) is 10.7. The third-order valence-corrected chi connectivity index (χ3v) is 5.30. The maximum atomic E-state index is 5.94. The topological polar surface area (TPSA) is 88.1 Å². The molecule has 8 nitrogen and oxygen atoms in total. The molecule has 2 N–H and O–H groups in total. The van der Waals surface area contributed by atoms with Crippen molar-refractivity contribution in [2.45, 2.75) is 46.2 Å². The predicted octanol–water partition coefficient (Wildman–Crippen LogP) is 3.06. The number of nitrogens with one attached hydrogen (secondary N) is 2. The molecule has 2 aromatic heterocycles. The van der Waals surface area contributed by atoms with E-state index in [0.717, 1.165) is 73.6 Å². The molecule has 3 heterocycles. The van der Waals surface area contributed by atoms with Gasteiger partial charge in [-0.05, 0) is 25.5 Å². The molecule has 0 amide bonds. The number of aromatic nitrogens is 1. The van der Waals surface area contributed by atoms with Crippen LogP contribution in [-0.2, 0) is 24.1 Å². The van der Waals surface area contributed by atoms with Gasteiger partial charge in [0.15, 0.2) is 5.96 Å². The van der Waals surface area contributed by atoms with Crippen LogP contribution in [0.4, 0.5) is 0 Å². The molecule has 1 fully saturated rings. The maximum absolute atomic E-state index is 5.94. The first kappa shape index (κ1) is 24.7. The fourth-order valence-corrected chi connectivity index (χ4v) is 3.66. The molecule has 1 aliphatic rings. The number of halogens is 1. The van der Waals surface area contributed by atoms with Gasteiger partial charge in [0.25, 0.3) is 0 Å². The van der Waals surface area contributed by atoms with Crippen LogP contribution < -0.4 is 10.6 Å². The lowest BCUT2D eigenvalue weighted by molar-refractivity contribution is 0.0124. The van der Waals surface area contributed by atoms with E-state index in [4.69, 9.17) is 13.7 Å². The minimum absolute atomic E-state index is 0. The van der Waals surface area contributed by atoms with E-state index in [1.807, 2.05) is 13.0 Å². The van der Waals surface area contributed by atoms with Crippen LogP contribution in [0.5, 0.6) is 0 Å². The van der Waals surface area contributed by atoms with Crippen LogP contribution in [0.25, 0.3) is 0 Å². The molecule has 0 bridgehead atoms. The van der Waals surface area contributed by atoms with Crippen LogP contribution >= 0.6 is 24.0 Å². The van der Waals surface area contributed by atoms with Gasteiger partial charge in [-0.2, -0.15) is 0 Å². The second kappa shape index (κ2) is 12.3. The van der Waals surface area contributed by atoms with Gasteiger partial charge in [0.2, 0.25) is 0 Å². The third-order valence-electron chi connectivity index (χ3n) is 5.30. The summed E-state index contributed by atoms with van der Waals surface area (Å²) in [5.74, 6) is 3.57. The molecule has 0 saturated carbocycles. The zero-order valence-corrected chi connectivity index (χ0v) is 20.7. The molecule has 2 aromatic rings. The molecule has 1 atom stereocenters. The Morgan fingerprint density at radius 3 is 2.57 bits per heavy atom. The molecule has 30 heavy (non-hydrogen) atoms. The van der Waals surface area contributed by atoms with E-state index >= 15 is 0 Å². The summed E-state index contributed by atoms with van der Waals surface area (Å²) >= 11 is 0. The smallest absolute Gasteiger partial charge is 0.191 e. The minimum atomic E-state index is 0. The van der Waals surface area contributed by atoms with Crippen molar-refractivity contribution in [2.24, 2.45) is 4.99 Å². The van der Waals surface area contributed by atoms with Crippen LogP contribution in [0.3, 0.4) is 0 Å². The van der Waals surface area contributed by atoms with Crippen LogP contribution in [0.1, 0.15) is 48.4 Å². The van der Waals surface area contributed by atoms with Crippen molar-refractivity contribution >= 4 is 29.9 Å². The first-order chi connectivity index (χ1) is 14.2. The molecule has 0 aliphatic carbocycles. The van der Waals surface area contributed by atoms with E-state index in [0.29, 0.717) is 13.1 Å². The molecular formula is C21H34IN5O3. The molecule has 0 spiro atoms. The number of aryl methyl sites for hydroxylation is 3. The van der Waals surface area contributed by atoms with E-state index < -0.39 is 0 Å². The van der Waals surface area contributed by atoms with Gasteiger partial charge >= 0.3 is 0 Å². The van der Waals surface area contributed by atoms with Crippen molar-refractivity contribution in [1.82, 2.24) is 20.7 Å². The SMILES string of the molecule is CCc1noc(CC)c1CNC(=NC)NCC(c1ccc(C)o1)N1CCOCC1.I. The molecule has 168 valence electrons. The van der Waals surface area contributed by atoms with E-state index in [1.54, 1.807) is 7.05 Å². The number of hydrogen-bond acceptors (Lipinski definition) is 6. The van der Waals surface area contributed by atoms with E-state index in [9.17, 15) is 0 Å². The second-order valence-corrected chi connectivity index (χ2v) is 7.16. The van der Waals surface area contributed by atoms with Gasteiger partial charge in [0, 0.05) is 45.2 Å². The van der Waals surface area contributed by atoms with Gasteiger partial charge in [-0.3, -0.25) is 9.89 Å². The third kappa shape index (κ3) is 6.21. The summed E-state index contributed by atoms with van der Waals surface area (Å²) in [5, 5.41) is 11.0. The zero-order valence-electron chi connectivity index (χ0n) is 18.4. The summed E-state index contributed by atoms with van der Waals surface area (Å²) in [6.07, 6.45) is 1.68. The van der Waals surface area contributed by atoms with Crippen molar-refractivity contribution in [3.63, 3.8) is 0 Å². The summed E-state index contributed by atoms with van der Waals surface area (Å²) in [7, 11) is 1.78. The highest BCUT2D eigenvalue weighted by molar-refractivity contribution is 14.0. The van der Waals surface area contributed by atoms with Gasteiger partial charge < -0.3 is 24.3 Å². The average molecular weight is 531 g/mol. The van der Waals surface area contributed by atoms with Crippen LogP contribution in [-0.4, -0.2) is 55.9 Å². The highest BCUT2D eigenvalue weighted by atomic mass is 127. The summed E-state index contributed by atoms with van der Waals surface area (Å²) < 4.78 is 16.9. The summed E-state index contributed by atoms with van der Waals surface area (Å²) in [5.41, 5.74) is 2.13.